The number of aliphatic imine (C=N–C) groups is 1. The molecule has 0 aliphatic carbocycles. The molecule has 1 fully saturated rings. The maximum absolute atomic E-state index is 11.5. The van der Waals surface area contributed by atoms with E-state index in [-0.39, 0.29) is 29.9 Å². The fourth-order valence-electron chi connectivity index (χ4n) is 3.11. The molecule has 2 unspecified atom stereocenters. The minimum absolute atomic E-state index is 0. The van der Waals surface area contributed by atoms with Crippen LogP contribution in [0, 0.1) is 5.41 Å². The molecule has 0 aromatic heterocycles. The molecule has 1 saturated heterocycles. The van der Waals surface area contributed by atoms with Gasteiger partial charge in [0.1, 0.15) is 0 Å². The Kier molecular flexibility index (Phi) is 9.52. The number of rotatable bonds is 7. The van der Waals surface area contributed by atoms with Crippen molar-refractivity contribution in [3.63, 3.8) is 0 Å². The number of nitrogens with two attached hydrogens (primary N) is 1. The third kappa shape index (κ3) is 7.29. The molecule has 2 rings (SSSR count). The number of primary amides is 1. The quantitative estimate of drug-likeness (QED) is 0.313. The molecule has 1 aliphatic rings. The highest BCUT2D eigenvalue weighted by atomic mass is 127. The van der Waals surface area contributed by atoms with E-state index in [2.05, 4.69) is 51.7 Å². The minimum atomic E-state index is -0.648. The van der Waals surface area contributed by atoms with Crippen LogP contribution in [0.3, 0.4) is 0 Å². The summed E-state index contributed by atoms with van der Waals surface area (Å²) in [7, 11) is 0. The molecule has 1 aliphatic heterocycles. The number of amides is 1. The Morgan fingerprint density at radius 3 is 2.59 bits per heavy atom. The molecule has 1 heterocycles. The first kappa shape index (κ1) is 23.7. The van der Waals surface area contributed by atoms with Gasteiger partial charge in [-0.15, -0.1) is 24.0 Å². The Bertz CT molecular complexity index is 620. The summed E-state index contributed by atoms with van der Waals surface area (Å²) >= 11 is 0. The number of hydrogen-bond donors (Lipinski definition) is 3. The van der Waals surface area contributed by atoms with E-state index in [0.717, 1.165) is 32.0 Å². The van der Waals surface area contributed by atoms with Crippen LogP contribution < -0.4 is 16.4 Å². The predicted octanol–water partition coefficient (Wildman–Crippen LogP) is 2.33. The molecule has 27 heavy (non-hydrogen) atoms. The smallest absolute Gasteiger partial charge is 0.224 e. The van der Waals surface area contributed by atoms with Crippen molar-refractivity contribution in [1.29, 1.82) is 0 Å². The highest BCUT2D eigenvalue weighted by molar-refractivity contribution is 14.0. The van der Waals surface area contributed by atoms with Crippen LogP contribution >= 0.6 is 24.0 Å². The Hall–Kier alpha value is -1.35. The molecule has 0 radical (unpaired) electrons. The third-order valence-electron chi connectivity index (χ3n) is 4.92. The van der Waals surface area contributed by atoms with Crippen molar-refractivity contribution in [3.05, 3.63) is 35.9 Å². The monoisotopic (exact) mass is 487 g/mol. The van der Waals surface area contributed by atoms with Gasteiger partial charge in [-0.3, -0.25) is 14.7 Å². The van der Waals surface area contributed by atoms with Crippen molar-refractivity contribution in [2.24, 2.45) is 16.1 Å². The first-order chi connectivity index (χ1) is 12.3. The van der Waals surface area contributed by atoms with Crippen molar-refractivity contribution in [1.82, 2.24) is 15.5 Å². The van der Waals surface area contributed by atoms with Crippen LogP contribution in [0.25, 0.3) is 0 Å². The average molecular weight is 487 g/mol. The molecular formula is C20H34IN5O. The van der Waals surface area contributed by atoms with E-state index >= 15 is 0 Å². The highest BCUT2D eigenvalue weighted by Gasteiger charge is 2.30. The van der Waals surface area contributed by atoms with Crippen LogP contribution in [0.5, 0.6) is 0 Å². The molecule has 1 aromatic rings. The lowest BCUT2D eigenvalue weighted by molar-refractivity contribution is -0.125. The topological polar surface area (TPSA) is 82.7 Å². The minimum Gasteiger partial charge on any atom is -0.369 e. The number of likely N-dealkylation sites (tertiary alicyclic amines) is 1. The van der Waals surface area contributed by atoms with E-state index in [1.165, 1.54) is 5.56 Å². The van der Waals surface area contributed by atoms with E-state index < -0.39 is 5.41 Å². The van der Waals surface area contributed by atoms with Crippen molar-refractivity contribution < 1.29 is 4.79 Å². The second kappa shape index (κ2) is 10.8. The molecule has 0 spiro atoms. The Morgan fingerprint density at radius 1 is 1.33 bits per heavy atom. The first-order valence-electron chi connectivity index (χ1n) is 9.44. The Labute approximate surface area is 180 Å². The van der Waals surface area contributed by atoms with E-state index in [4.69, 9.17) is 5.73 Å². The number of benzene rings is 1. The Balaban J connectivity index is 0.00000364. The van der Waals surface area contributed by atoms with Gasteiger partial charge < -0.3 is 16.4 Å². The fourth-order valence-corrected chi connectivity index (χ4v) is 3.11. The normalized spacial score (nSPS) is 20.8. The number of carbonyl (C=O) groups is 1. The van der Waals surface area contributed by atoms with E-state index in [1.807, 2.05) is 26.8 Å². The number of nitrogens with one attached hydrogen (secondary N) is 2. The molecule has 152 valence electrons. The summed E-state index contributed by atoms with van der Waals surface area (Å²) in [5.74, 6) is 0.418. The van der Waals surface area contributed by atoms with E-state index in [9.17, 15) is 4.79 Å². The summed E-state index contributed by atoms with van der Waals surface area (Å²) in [6, 6.07) is 11.4. The van der Waals surface area contributed by atoms with Crippen LogP contribution in [0.2, 0.25) is 0 Å². The van der Waals surface area contributed by atoms with Gasteiger partial charge in [-0.2, -0.15) is 0 Å². The molecule has 7 heteroatoms. The number of carbonyl (C=O) groups excluding carboxylic acids is 1. The molecule has 2 atom stereocenters. The van der Waals surface area contributed by atoms with Crippen molar-refractivity contribution in [2.75, 3.05) is 19.6 Å². The maximum atomic E-state index is 11.5. The summed E-state index contributed by atoms with van der Waals surface area (Å²) in [5, 5.41) is 6.79. The van der Waals surface area contributed by atoms with Gasteiger partial charge in [0, 0.05) is 31.7 Å². The van der Waals surface area contributed by atoms with Gasteiger partial charge in [-0.25, -0.2) is 0 Å². The fraction of sp³-hybridized carbons (Fsp3) is 0.600. The molecule has 1 amide bonds. The molecule has 6 nitrogen and oxygen atoms in total. The number of nitrogens with zero attached hydrogens (tertiary/aromatic N) is 2. The van der Waals surface area contributed by atoms with Gasteiger partial charge in [0.15, 0.2) is 5.96 Å². The largest absolute Gasteiger partial charge is 0.369 e. The summed E-state index contributed by atoms with van der Waals surface area (Å²) in [6.45, 7) is 11.0. The standard InChI is InChI=1S/C20H33N5O.HI/c1-5-22-19(23-14-20(3,4)18(21)26)24-17-11-15(2)25(13-17)12-16-9-7-6-8-10-16;/h6-10,15,17H,5,11-14H2,1-4H3,(H2,21,26)(H2,22,23,24);1H. The zero-order chi connectivity index (χ0) is 19.2. The molecule has 4 N–H and O–H groups in total. The Morgan fingerprint density at radius 2 is 2.00 bits per heavy atom. The number of guanidine groups is 1. The van der Waals surface area contributed by atoms with E-state index in [0.29, 0.717) is 18.6 Å². The molecule has 0 bridgehead atoms. The van der Waals surface area contributed by atoms with Gasteiger partial charge >= 0.3 is 0 Å². The summed E-state index contributed by atoms with van der Waals surface area (Å²) < 4.78 is 0. The molecule has 0 saturated carbocycles. The highest BCUT2D eigenvalue weighted by Crippen LogP contribution is 2.20. The van der Waals surface area contributed by atoms with Crippen molar-refractivity contribution in [2.45, 2.75) is 52.7 Å². The van der Waals surface area contributed by atoms with Crippen LogP contribution in [0.1, 0.15) is 39.7 Å². The van der Waals surface area contributed by atoms with Crippen molar-refractivity contribution >= 4 is 35.8 Å². The van der Waals surface area contributed by atoms with Gasteiger partial charge in [-0.1, -0.05) is 30.3 Å². The van der Waals surface area contributed by atoms with Gasteiger partial charge in [0.05, 0.1) is 12.0 Å². The second-order valence-corrected chi connectivity index (χ2v) is 7.78. The summed E-state index contributed by atoms with van der Waals surface area (Å²) in [5.41, 5.74) is 6.14. The van der Waals surface area contributed by atoms with E-state index in [1.54, 1.807) is 0 Å². The molecule has 1 aromatic carbocycles. The van der Waals surface area contributed by atoms with Gasteiger partial charge in [0.2, 0.25) is 5.91 Å². The van der Waals surface area contributed by atoms with Gasteiger partial charge in [-0.05, 0) is 39.7 Å². The maximum Gasteiger partial charge on any atom is 0.224 e. The van der Waals surface area contributed by atoms with Gasteiger partial charge in [0.25, 0.3) is 0 Å². The predicted molar refractivity (Wildman–Crippen MR) is 122 cm³/mol. The lowest BCUT2D eigenvalue weighted by Gasteiger charge is -2.22. The summed E-state index contributed by atoms with van der Waals surface area (Å²) in [6.07, 6.45) is 1.07. The number of hydrogen-bond acceptors (Lipinski definition) is 3. The SMILES string of the molecule is CCNC(=NCC(C)(C)C(N)=O)NC1CC(C)N(Cc2ccccc2)C1.I. The zero-order valence-corrected chi connectivity index (χ0v) is 19.2. The zero-order valence-electron chi connectivity index (χ0n) is 16.9. The van der Waals surface area contributed by atoms with Crippen LogP contribution in [0.15, 0.2) is 35.3 Å². The van der Waals surface area contributed by atoms with Crippen LogP contribution in [-0.2, 0) is 11.3 Å². The lowest BCUT2D eigenvalue weighted by atomic mass is 9.93. The number of halogens is 1. The lowest BCUT2D eigenvalue weighted by Crippen LogP contribution is -2.45. The van der Waals surface area contributed by atoms with Crippen LogP contribution in [-0.4, -0.2) is 48.5 Å². The van der Waals surface area contributed by atoms with Crippen LogP contribution in [0.4, 0.5) is 0 Å². The first-order valence-corrected chi connectivity index (χ1v) is 9.44. The average Bonchev–Trinajstić information content (AvgIpc) is 2.93. The van der Waals surface area contributed by atoms with Crippen molar-refractivity contribution in [3.8, 4) is 0 Å². The third-order valence-corrected chi connectivity index (χ3v) is 4.92. The second-order valence-electron chi connectivity index (χ2n) is 7.78. The summed E-state index contributed by atoms with van der Waals surface area (Å²) in [4.78, 5) is 18.6. The molecular weight excluding hydrogens is 453 g/mol.